The quantitative estimate of drug-likeness (QED) is 0.188. The van der Waals surface area contributed by atoms with E-state index in [0.717, 1.165) is 22.8 Å². The van der Waals surface area contributed by atoms with Gasteiger partial charge in [0.15, 0.2) is 0 Å². The number of alkyl halides is 3. The first-order valence-corrected chi connectivity index (χ1v) is 8.38. The molecule has 7 heteroatoms. The maximum absolute atomic E-state index is 14.3. The molecule has 140 valence electrons. The fourth-order valence-corrected chi connectivity index (χ4v) is 3.42. The second kappa shape index (κ2) is 7.68. The van der Waals surface area contributed by atoms with E-state index in [0.29, 0.717) is 12.0 Å². The zero-order chi connectivity index (χ0) is 19.6. The Morgan fingerprint density at radius 2 is 1.44 bits per heavy atom. The fraction of sp³-hybridized carbons (Fsp3) is 0.100. The number of rotatable bonds is 1. The molecule has 1 aliphatic rings. The van der Waals surface area contributed by atoms with Crippen molar-refractivity contribution in [3.8, 4) is 22.3 Å². The number of nitrogens with two attached hydrogens (primary N) is 1. The van der Waals surface area contributed by atoms with Gasteiger partial charge in [-0.05, 0) is 52.6 Å². The summed E-state index contributed by atoms with van der Waals surface area (Å²) in [5.74, 6) is 3.72. The molecule has 0 atom stereocenters. The van der Waals surface area contributed by atoms with Gasteiger partial charge in [-0.15, -0.1) is 0 Å². The average Bonchev–Trinajstić information content (AvgIpc) is 3.00. The molecule has 0 amide bonds. The molecule has 3 aromatic carbocycles. The molecule has 4 rings (SSSR count). The minimum Gasteiger partial charge on any atom is -0.257 e. The Morgan fingerprint density at radius 1 is 0.852 bits per heavy atom. The molecule has 0 spiro atoms. The van der Waals surface area contributed by atoms with Gasteiger partial charge in [0, 0.05) is 11.1 Å². The average molecular weight is 395 g/mol. The maximum atomic E-state index is 14.3. The van der Waals surface area contributed by atoms with Crippen LogP contribution in [0, 0.1) is 5.82 Å². The maximum Gasteiger partial charge on any atom is 0.417 e. The van der Waals surface area contributed by atoms with Gasteiger partial charge in [-0.2, -0.15) is 18.1 Å². The monoisotopic (exact) mass is 394 g/mol. The van der Waals surface area contributed by atoms with Gasteiger partial charge in [-0.25, -0.2) is 4.39 Å². The smallest absolute Gasteiger partial charge is 0.257 e. The van der Waals surface area contributed by atoms with Crippen molar-refractivity contribution in [2.24, 2.45) is 5.84 Å². The molecule has 27 heavy (non-hydrogen) atoms. The molecular weight excluding hydrogens is 380 g/mol. The molecule has 0 aromatic heterocycles. The number of halogens is 5. The largest absolute Gasteiger partial charge is 0.417 e. The van der Waals surface area contributed by atoms with Gasteiger partial charge >= 0.3 is 6.18 Å². The third kappa shape index (κ3) is 3.69. The van der Waals surface area contributed by atoms with E-state index in [4.69, 9.17) is 0 Å². The lowest BCUT2D eigenvalue weighted by Gasteiger charge is -2.18. The van der Waals surface area contributed by atoms with Gasteiger partial charge in [0.25, 0.3) is 0 Å². The lowest BCUT2D eigenvalue weighted by molar-refractivity contribution is -0.137. The van der Waals surface area contributed by atoms with Crippen LogP contribution in [-0.2, 0) is 12.6 Å². The molecule has 0 radical (unpaired) electrons. The minimum atomic E-state index is -4.54. The van der Waals surface area contributed by atoms with Gasteiger partial charge in [-0.3, -0.25) is 5.84 Å². The summed E-state index contributed by atoms with van der Waals surface area (Å²) in [6, 6.07) is 15.7. The van der Waals surface area contributed by atoms with Crippen molar-refractivity contribution >= 4 is 11.8 Å². The SMILES string of the molecule is Fc1ccccc1-c1c(C(F)(F)F)ccc2c1Cc1ccccc1-2.NNCl. The van der Waals surface area contributed by atoms with Crippen LogP contribution in [0.2, 0.25) is 0 Å². The summed E-state index contributed by atoms with van der Waals surface area (Å²) in [6.45, 7) is 0. The van der Waals surface area contributed by atoms with Gasteiger partial charge in [0.2, 0.25) is 0 Å². The molecule has 0 saturated carbocycles. The summed E-state index contributed by atoms with van der Waals surface area (Å²) < 4.78 is 54.9. The van der Waals surface area contributed by atoms with Crippen molar-refractivity contribution in [2.45, 2.75) is 12.6 Å². The van der Waals surface area contributed by atoms with Crippen LogP contribution in [0.3, 0.4) is 0 Å². The zero-order valence-electron chi connectivity index (χ0n) is 13.9. The summed E-state index contributed by atoms with van der Waals surface area (Å²) in [5, 5.41) is 0. The normalized spacial score (nSPS) is 12.1. The Morgan fingerprint density at radius 3 is 2.07 bits per heavy atom. The highest BCUT2D eigenvalue weighted by Crippen LogP contribution is 2.47. The standard InChI is InChI=1S/C20H12F4.ClH3N2/c21-18-8-4-3-7-15(18)19-16-11-12-5-1-2-6-13(12)14(16)9-10-17(19)20(22,23)24;1-3-2/h1-10H,11H2;3H,2H2. The highest BCUT2D eigenvalue weighted by molar-refractivity contribution is 6.12. The van der Waals surface area contributed by atoms with Gasteiger partial charge in [0.1, 0.15) is 5.82 Å². The number of benzene rings is 3. The van der Waals surface area contributed by atoms with Crippen LogP contribution in [-0.4, -0.2) is 0 Å². The van der Waals surface area contributed by atoms with Gasteiger partial charge in [-0.1, -0.05) is 48.5 Å². The van der Waals surface area contributed by atoms with E-state index in [1.54, 1.807) is 11.0 Å². The van der Waals surface area contributed by atoms with E-state index in [1.807, 2.05) is 24.3 Å². The summed E-state index contributed by atoms with van der Waals surface area (Å²) in [4.78, 5) is 1.72. The van der Waals surface area contributed by atoms with E-state index in [9.17, 15) is 17.6 Å². The Labute approximate surface area is 158 Å². The Balaban J connectivity index is 0.000000659. The summed E-state index contributed by atoms with van der Waals surface area (Å²) in [5.41, 5.74) is 2.32. The van der Waals surface area contributed by atoms with Gasteiger partial charge in [0.05, 0.1) is 5.56 Å². The third-order valence-corrected chi connectivity index (χ3v) is 4.44. The molecule has 0 fully saturated rings. The summed E-state index contributed by atoms with van der Waals surface area (Å²) >= 11 is 4.53. The molecule has 0 aliphatic heterocycles. The second-order valence-corrected chi connectivity index (χ2v) is 6.15. The summed E-state index contributed by atoms with van der Waals surface area (Å²) in [7, 11) is 0. The fourth-order valence-electron chi connectivity index (χ4n) is 3.42. The molecule has 0 unspecified atom stereocenters. The molecule has 0 saturated heterocycles. The first-order chi connectivity index (χ1) is 12.9. The van der Waals surface area contributed by atoms with Crippen molar-refractivity contribution in [1.82, 2.24) is 4.94 Å². The predicted molar refractivity (Wildman–Crippen MR) is 98.3 cm³/mol. The van der Waals surface area contributed by atoms with Crippen LogP contribution >= 0.6 is 11.8 Å². The Bertz CT molecular complexity index is 970. The molecule has 0 bridgehead atoms. The van der Waals surface area contributed by atoms with Crippen molar-refractivity contribution in [1.29, 1.82) is 0 Å². The highest BCUT2D eigenvalue weighted by Gasteiger charge is 2.37. The Kier molecular flexibility index (Phi) is 5.51. The summed E-state index contributed by atoms with van der Waals surface area (Å²) in [6.07, 6.45) is -4.17. The van der Waals surface area contributed by atoms with Crippen molar-refractivity contribution in [3.63, 3.8) is 0 Å². The zero-order valence-corrected chi connectivity index (χ0v) is 14.7. The van der Waals surface area contributed by atoms with Crippen molar-refractivity contribution < 1.29 is 17.6 Å². The lowest BCUT2D eigenvalue weighted by atomic mass is 9.90. The molecular formula is C20H15ClF4N2. The predicted octanol–water partition coefficient (Wildman–Crippen LogP) is 5.69. The van der Waals surface area contributed by atoms with Gasteiger partial charge < -0.3 is 0 Å². The number of fused-ring (bicyclic) bond motifs is 3. The highest BCUT2D eigenvalue weighted by atomic mass is 35.5. The molecule has 3 aromatic rings. The Hall–Kier alpha value is -2.41. The number of hydrogen-bond donors (Lipinski definition) is 2. The van der Waals surface area contributed by atoms with E-state index >= 15 is 0 Å². The van der Waals surface area contributed by atoms with Crippen molar-refractivity contribution in [3.05, 3.63) is 83.2 Å². The second-order valence-electron chi connectivity index (χ2n) is 5.93. The van der Waals surface area contributed by atoms with Crippen LogP contribution in [0.5, 0.6) is 0 Å². The van der Waals surface area contributed by atoms with Crippen LogP contribution < -0.4 is 10.8 Å². The van der Waals surface area contributed by atoms with E-state index in [-0.39, 0.29) is 11.1 Å². The van der Waals surface area contributed by atoms with Crippen LogP contribution in [0.1, 0.15) is 16.7 Å². The van der Waals surface area contributed by atoms with E-state index in [2.05, 4.69) is 17.6 Å². The third-order valence-electron chi connectivity index (χ3n) is 4.44. The van der Waals surface area contributed by atoms with Crippen LogP contribution in [0.25, 0.3) is 22.3 Å². The lowest BCUT2D eigenvalue weighted by Crippen LogP contribution is -2.09. The first-order valence-electron chi connectivity index (χ1n) is 8.01. The van der Waals surface area contributed by atoms with Crippen LogP contribution in [0.4, 0.5) is 17.6 Å². The molecule has 0 heterocycles. The molecule has 2 nitrogen and oxygen atoms in total. The molecule has 3 N–H and O–H groups in total. The van der Waals surface area contributed by atoms with E-state index in [1.165, 1.54) is 24.3 Å². The number of hydrogen-bond acceptors (Lipinski definition) is 2. The minimum absolute atomic E-state index is 0.00511. The number of nitrogens with one attached hydrogen (secondary N) is 1. The topological polar surface area (TPSA) is 38.0 Å². The number of hydrazine groups is 1. The van der Waals surface area contributed by atoms with E-state index < -0.39 is 17.6 Å². The van der Waals surface area contributed by atoms with Crippen LogP contribution in [0.15, 0.2) is 60.7 Å². The van der Waals surface area contributed by atoms with Crippen molar-refractivity contribution in [2.75, 3.05) is 0 Å². The first kappa shape index (κ1) is 19.4. The molecule has 1 aliphatic carbocycles.